The van der Waals surface area contributed by atoms with Crippen LogP contribution in [-0.2, 0) is 0 Å². The van der Waals surface area contributed by atoms with Crippen LogP contribution in [-0.4, -0.2) is 35.0 Å². The number of imidazole rings is 1. The molecule has 0 saturated heterocycles. The van der Waals surface area contributed by atoms with Gasteiger partial charge in [0.25, 0.3) is 0 Å². The zero-order valence-corrected chi connectivity index (χ0v) is 16.4. The van der Waals surface area contributed by atoms with Gasteiger partial charge in [0.1, 0.15) is 29.8 Å². The molecule has 0 aliphatic rings. The normalized spacial score (nSPS) is 12.0. The van der Waals surface area contributed by atoms with Crippen LogP contribution >= 0.6 is 23.2 Å². The van der Waals surface area contributed by atoms with Crippen LogP contribution in [0.15, 0.2) is 30.9 Å². The second-order valence-electron chi connectivity index (χ2n) is 6.06. The van der Waals surface area contributed by atoms with Crippen LogP contribution in [0.1, 0.15) is 24.3 Å². The molecule has 0 saturated carbocycles. The van der Waals surface area contributed by atoms with Gasteiger partial charge in [0.05, 0.1) is 39.0 Å². The lowest BCUT2D eigenvalue weighted by Gasteiger charge is -2.08. The molecule has 1 unspecified atom stereocenters. The molecule has 29 heavy (non-hydrogen) atoms. The van der Waals surface area contributed by atoms with Gasteiger partial charge >= 0.3 is 0 Å². The van der Waals surface area contributed by atoms with Gasteiger partial charge in [-0.15, -0.1) is 0 Å². The maximum atomic E-state index is 9.70. The second kappa shape index (κ2) is 7.60. The van der Waals surface area contributed by atoms with Gasteiger partial charge in [-0.25, -0.2) is 24.9 Å². The summed E-state index contributed by atoms with van der Waals surface area (Å²) in [5.74, 6) is 1.25. The van der Waals surface area contributed by atoms with Gasteiger partial charge in [0.2, 0.25) is 0 Å². The van der Waals surface area contributed by atoms with E-state index in [4.69, 9.17) is 28.5 Å². The number of aliphatic hydroxyl groups is 1. The van der Waals surface area contributed by atoms with E-state index in [2.05, 4.69) is 35.2 Å². The third-order valence-electron chi connectivity index (χ3n) is 4.06. The largest absolute Gasteiger partial charge is 0.387 e. The monoisotopic (exact) mass is 426 g/mol. The molecule has 1 aromatic carbocycles. The van der Waals surface area contributed by atoms with Crippen molar-refractivity contribution in [2.24, 2.45) is 0 Å². The Balaban J connectivity index is 1.77. The number of H-pyrrole nitrogens is 1. The number of fused-ring (bicyclic) bond motifs is 1. The van der Waals surface area contributed by atoms with Crippen molar-refractivity contribution in [3.05, 3.63) is 52.2 Å². The van der Waals surface area contributed by atoms with E-state index in [1.807, 2.05) is 6.07 Å². The highest BCUT2D eigenvalue weighted by atomic mass is 35.5. The molecule has 11 heteroatoms. The molecule has 4 rings (SSSR count). The fourth-order valence-corrected chi connectivity index (χ4v) is 3.36. The van der Waals surface area contributed by atoms with Gasteiger partial charge in [-0.3, -0.25) is 0 Å². The highest BCUT2D eigenvalue weighted by Crippen LogP contribution is 2.35. The topological polar surface area (TPSA) is 136 Å². The van der Waals surface area contributed by atoms with Gasteiger partial charge in [-0.05, 0) is 19.1 Å². The summed E-state index contributed by atoms with van der Waals surface area (Å²) in [7, 11) is 0. The first kappa shape index (κ1) is 19.0. The number of halogens is 2. The summed E-state index contributed by atoms with van der Waals surface area (Å²) in [5, 5.41) is 22.4. The van der Waals surface area contributed by atoms with Gasteiger partial charge in [-0.2, -0.15) is 5.26 Å². The molecule has 0 spiro atoms. The van der Waals surface area contributed by atoms with E-state index in [-0.39, 0.29) is 10.0 Å². The van der Waals surface area contributed by atoms with Crippen LogP contribution in [0, 0.1) is 11.3 Å². The first-order chi connectivity index (χ1) is 14.0. The molecule has 144 valence electrons. The Morgan fingerprint density at radius 2 is 1.83 bits per heavy atom. The molecule has 3 heterocycles. The third-order valence-corrected chi connectivity index (χ3v) is 4.66. The van der Waals surface area contributed by atoms with E-state index < -0.39 is 6.10 Å². The summed E-state index contributed by atoms with van der Waals surface area (Å²) in [6.07, 6.45) is 1.97. The predicted molar refractivity (Wildman–Crippen MR) is 108 cm³/mol. The molecule has 0 fully saturated rings. The summed E-state index contributed by atoms with van der Waals surface area (Å²) in [5.41, 5.74) is 2.17. The Hall–Kier alpha value is -3.32. The third kappa shape index (κ3) is 3.69. The van der Waals surface area contributed by atoms with E-state index in [0.717, 1.165) is 0 Å². The summed E-state index contributed by atoms with van der Waals surface area (Å²) >= 11 is 12.6. The fourth-order valence-electron chi connectivity index (χ4n) is 2.70. The number of aliphatic hydroxyl groups excluding tert-OH is 1. The average molecular weight is 427 g/mol. The number of benzene rings is 1. The van der Waals surface area contributed by atoms with E-state index in [1.54, 1.807) is 13.0 Å². The van der Waals surface area contributed by atoms with Crippen molar-refractivity contribution in [2.75, 3.05) is 5.32 Å². The standard InChI is InChI=1S/C18H12Cl2N8O/c1-8(29)12-4-13(23-6-22-12)26-17-15-18(25-7-24-17)28-16(27-15)14-10(19)2-9(5-21)3-11(14)20/h2-4,6-8,29H,1H3,(H2,22,23,24,25,26,27,28). The predicted octanol–water partition coefficient (Wildman–Crippen LogP) is 3.79. The van der Waals surface area contributed by atoms with Crippen LogP contribution in [0.4, 0.5) is 11.6 Å². The second-order valence-corrected chi connectivity index (χ2v) is 6.88. The van der Waals surface area contributed by atoms with Crippen molar-refractivity contribution in [1.82, 2.24) is 29.9 Å². The van der Waals surface area contributed by atoms with Crippen molar-refractivity contribution in [3.63, 3.8) is 0 Å². The number of hydrogen-bond acceptors (Lipinski definition) is 8. The molecule has 1 atom stereocenters. The minimum Gasteiger partial charge on any atom is -0.387 e. The summed E-state index contributed by atoms with van der Waals surface area (Å²) in [4.78, 5) is 24.1. The molecule has 0 bridgehead atoms. The Labute approximate surface area is 174 Å². The smallest absolute Gasteiger partial charge is 0.183 e. The lowest BCUT2D eigenvalue weighted by molar-refractivity contribution is 0.194. The van der Waals surface area contributed by atoms with E-state index in [0.29, 0.717) is 45.4 Å². The number of nitrogens with zero attached hydrogens (tertiary/aromatic N) is 6. The lowest BCUT2D eigenvalue weighted by atomic mass is 10.1. The summed E-state index contributed by atoms with van der Waals surface area (Å²) < 4.78 is 0. The minimum atomic E-state index is -0.733. The molecule has 0 aliphatic heterocycles. The van der Waals surface area contributed by atoms with Crippen molar-refractivity contribution in [1.29, 1.82) is 5.26 Å². The Morgan fingerprint density at radius 3 is 2.52 bits per heavy atom. The highest BCUT2D eigenvalue weighted by Gasteiger charge is 2.17. The number of aromatic amines is 1. The molecule has 3 aromatic heterocycles. The molecule has 0 aliphatic carbocycles. The Kier molecular flexibility index (Phi) is 4.98. The fraction of sp³-hybridized carbons (Fsp3) is 0.111. The number of nitriles is 1. The van der Waals surface area contributed by atoms with Crippen molar-refractivity contribution >= 4 is 46.0 Å². The first-order valence-electron chi connectivity index (χ1n) is 8.33. The van der Waals surface area contributed by atoms with Crippen molar-refractivity contribution in [3.8, 4) is 17.5 Å². The number of nitrogens with one attached hydrogen (secondary N) is 2. The number of aromatic nitrogens is 6. The van der Waals surface area contributed by atoms with E-state index >= 15 is 0 Å². The van der Waals surface area contributed by atoms with Gasteiger partial charge < -0.3 is 15.4 Å². The number of rotatable bonds is 4. The van der Waals surface area contributed by atoms with Crippen LogP contribution in [0.2, 0.25) is 10.0 Å². The zero-order chi connectivity index (χ0) is 20.5. The van der Waals surface area contributed by atoms with Crippen LogP contribution in [0.25, 0.3) is 22.6 Å². The number of hydrogen-bond donors (Lipinski definition) is 3. The summed E-state index contributed by atoms with van der Waals surface area (Å²) in [6, 6.07) is 6.64. The molecular weight excluding hydrogens is 415 g/mol. The van der Waals surface area contributed by atoms with E-state index in [9.17, 15) is 5.11 Å². The molecule has 4 aromatic rings. The van der Waals surface area contributed by atoms with Crippen molar-refractivity contribution < 1.29 is 5.11 Å². The maximum Gasteiger partial charge on any atom is 0.183 e. The zero-order valence-electron chi connectivity index (χ0n) is 14.9. The Bertz CT molecular complexity index is 1240. The highest BCUT2D eigenvalue weighted by molar-refractivity contribution is 6.39. The van der Waals surface area contributed by atoms with E-state index in [1.165, 1.54) is 24.8 Å². The van der Waals surface area contributed by atoms with Gasteiger partial charge in [0, 0.05) is 6.07 Å². The SMILES string of the molecule is CC(O)c1cc(Nc2ncnc3nc(-c4c(Cl)cc(C#N)cc4Cl)[nH]c23)ncn1. The van der Waals surface area contributed by atoms with Gasteiger partial charge in [-0.1, -0.05) is 23.2 Å². The van der Waals surface area contributed by atoms with Crippen LogP contribution in [0.3, 0.4) is 0 Å². The van der Waals surface area contributed by atoms with Crippen LogP contribution in [0.5, 0.6) is 0 Å². The van der Waals surface area contributed by atoms with Gasteiger partial charge in [0.15, 0.2) is 11.5 Å². The summed E-state index contributed by atoms with van der Waals surface area (Å²) in [6.45, 7) is 1.61. The van der Waals surface area contributed by atoms with Crippen LogP contribution < -0.4 is 5.32 Å². The minimum absolute atomic E-state index is 0.285. The maximum absolute atomic E-state index is 9.70. The molecular formula is C18H12Cl2N8O. The average Bonchev–Trinajstić information content (AvgIpc) is 3.12. The van der Waals surface area contributed by atoms with Crippen molar-refractivity contribution in [2.45, 2.75) is 13.0 Å². The molecule has 0 amide bonds. The molecule has 9 nitrogen and oxygen atoms in total. The quantitative estimate of drug-likeness (QED) is 0.448. The first-order valence-corrected chi connectivity index (χ1v) is 9.09. The number of anilines is 2. The Morgan fingerprint density at radius 1 is 1.10 bits per heavy atom. The molecule has 3 N–H and O–H groups in total. The molecule has 0 radical (unpaired) electrons. The lowest BCUT2D eigenvalue weighted by Crippen LogP contribution is -2.02.